The molecule has 1 unspecified atom stereocenters. The summed E-state index contributed by atoms with van der Waals surface area (Å²) < 4.78 is 9.20. The van der Waals surface area contributed by atoms with Crippen LogP contribution < -0.4 is 0 Å². The van der Waals surface area contributed by atoms with Crippen molar-refractivity contribution in [2.45, 2.75) is 25.2 Å². The zero-order chi connectivity index (χ0) is 7.56. The lowest BCUT2D eigenvalue weighted by atomic mass is 10.2. The van der Waals surface area contributed by atoms with E-state index in [1.807, 2.05) is 0 Å². The lowest BCUT2D eigenvalue weighted by molar-refractivity contribution is -0.162. The fourth-order valence-corrected chi connectivity index (χ4v) is 0.925. The molecule has 0 aromatic rings. The molecule has 2 atom stereocenters. The molecule has 1 aliphatic rings. The normalized spacial score (nSPS) is 32.2. The molecule has 0 radical (unpaired) electrons. The zero-order valence-electron chi connectivity index (χ0n) is 5.74. The largest absolute Gasteiger partial charge is 0.467 e. The minimum atomic E-state index is -0.788. The van der Waals surface area contributed by atoms with Gasteiger partial charge < -0.3 is 14.6 Å². The van der Waals surface area contributed by atoms with E-state index >= 15 is 0 Å². The van der Waals surface area contributed by atoms with E-state index < -0.39 is 18.4 Å². The summed E-state index contributed by atoms with van der Waals surface area (Å²) in [6, 6.07) is 0. The number of ether oxygens (including phenoxy) is 2. The number of esters is 1. The molecule has 0 aromatic carbocycles. The highest BCUT2D eigenvalue weighted by Gasteiger charge is 2.29. The maximum atomic E-state index is 10.7. The first-order valence-electron chi connectivity index (χ1n) is 3.15. The molecular weight excluding hydrogens is 136 g/mol. The average Bonchev–Trinajstić information content (AvgIpc) is 2.34. The Kier molecular flexibility index (Phi) is 2.24. The quantitative estimate of drug-likeness (QED) is 0.514. The lowest BCUT2D eigenvalue weighted by Gasteiger charge is -2.06. The maximum Gasteiger partial charge on any atom is 0.335 e. The Morgan fingerprint density at radius 2 is 2.40 bits per heavy atom. The third kappa shape index (κ3) is 1.46. The minimum Gasteiger partial charge on any atom is -0.467 e. The summed E-state index contributed by atoms with van der Waals surface area (Å²) in [7, 11) is 1.30. The number of aliphatic hydroxyl groups is 1. The first-order chi connectivity index (χ1) is 4.74. The van der Waals surface area contributed by atoms with E-state index in [2.05, 4.69) is 4.74 Å². The van der Waals surface area contributed by atoms with Gasteiger partial charge >= 0.3 is 5.97 Å². The molecule has 1 fully saturated rings. The van der Waals surface area contributed by atoms with Crippen molar-refractivity contribution in [3.05, 3.63) is 0 Å². The Morgan fingerprint density at radius 1 is 1.70 bits per heavy atom. The molecular formula is C6H10O4. The van der Waals surface area contributed by atoms with Crippen molar-refractivity contribution < 1.29 is 19.4 Å². The van der Waals surface area contributed by atoms with Gasteiger partial charge in [0.2, 0.25) is 0 Å². The van der Waals surface area contributed by atoms with Crippen LogP contribution in [-0.2, 0) is 14.3 Å². The Morgan fingerprint density at radius 3 is 2.80 bits per heavy atom. The topological polar surface area (TPSA) is 55.8 Å². The molecule has 4 heteroatoms. The summed E-state index contributed by atoms with van der Waals surface area (Å²) in [5, 5.41) is 8.81. The molecule has 0 aromatic heterocycles. The molecule has 1 heterocycles. The third-order valence-electron chi connectivity index (χ3n) is 1.46. The van der Waals surface area contributed by atoms with Crippen LogP contribution in [0.2, 0.25) is 0 Å². The molecule has 0 spiro atoms. The smallest absolute Gasteiger partial charge is 0.335 e. The van der Waals surface area contributed by atoms with Crippen LogP contribution in [0.3, 0.4) is 0 Å². The second-order valence-corrected chi connectivity index (χ2v) is 2.18. The predicted octanol–water partition coefficient (Wildman–Crippen LogP) is -0.343. The van der Waals surface area contributed by atoms with Crippen molar-refractivity contribution in [2.75, 3.05) is 7.11 Å². The fourth-order valence-electron chi connectivity index (χ4n) is 0.925. The van der Waals surface area contributed by atoms with Gasteiger partial charge in [-0.25, -0.2) is 4.79 Å². The Hall–Kier alpha value is -0.610. The van der Waals surface area contributed by atoms with Gasteiger partial charge in [-0.2, -0.15) is 0 Å². The van der Waals surface area contributed by atoms with Crippen molar-refractivity contribution >= 4 is 5.97 Å². The fraction of sp³-hybridized carbons (Fsp3) is 0.833. The summed E-state index contributed by atoms with van der Waals surface area (Å²) in [6.45, 7) is 0. The second-order valence-electron chi connectivity index (χ2n) is 2.18. The van der Waals surface area contributed by atoms with E-state index in [0.717, 1.165) is 0 Å². The number of methoxy groups -OCH3 is 1. The average molecular weight is 146 g/mol. The Balaban J connectivity index is 2.37. The van der Waals surface area contributed by atoms with Gasteiger partial charge in [-0.15, -0.1) is 0 Å². The van der Waals surface area contributed by atoms with Crippen LogP contribution in [-0.4, -0.2) is 30.6 Å². The molecule has 1 saturated heterocycles. The summed E-state index contributed by atoms with van der Waals surface area (Å²) in [4.78, 5) is 10.7. The van der Waals surface area contributed by atoms with Gasteiger partial charge in [-0.3, -0.25) is 0 Å². The van der Waals surface area contributed by atoms with Crippen LogP contribution in [0, 0.1) is 0 Å². The predicted molar refractivity (Wildman–Crippen MR) is 32.1 cm³/mol. The highest BCUT2D eigenvalue weighted by atomic mass is 16.6. The van der Waals surface area contributed by atoms with Crippen molar-refractivity contribution in [2.24, 2.45) is 0 Å². The van der Waals surface area contributed by atoms with Gasteiger partial charge in [0, 0.05) is 6.42 Å². The molecule has 0 amide bonds. The first-order valence-corrected chi connectivity index (χ1v) is 3.15. The van der Waals surface area contributed by atoms with E-state index in [9.17, 15) is 4.79 Å². The van der Waals surface area contributed by atoms with E-state index in [1.54, 1.807) is 0 Å². The molecule has 58 valence electrons. The molecule has 1 rings (SSSR count). The number of aliphatic hydroxyl groups excluding tert-OH is 1. The minimum absolute atomic E-state index is 0.406. The van der Waals surface area contributed by atoms with Crippen LogP contribution in [0.1, 0.15) is 12.8 Å². The Bertz CT molecular complexity index is 134. The SMILES string of the molecule is COC(=O)[C@H]1CCC(O)O1. The van der Waals surface area contributed by atoms with Gasteiger partial charge in [0.1, 0.15) is 0 Å². The van der Waals surface area contributed by atoms with Gasteiger partial charge in [0.25, 0.3) is 0 Å². The number of carbonyl (C=O) groups is 1. The number of hydrogen-bond donors (Lipinski definition) is 1. The first kappa shape index (κ1) is 7.50. The summed E-state index contributed by atoms with van der Waals surface area (Å²) in [6.07, 6.45) is -0.280. The third-order valence-corrected chi connectivity index (χ3v) is 1.46. The molecule has 0 bridgehead atoms. The van der Waals surface area contributed by atoms with Gasteiger partial charge in [0.15, 0.2) is 12.4 Å². The highest BCUT2D eigenvalue weighted by molar-refractivity contribution is 5.74. The summed E-state index contributed by atoms with van der Waals surface area (Å²) >= 11 is 0. The molecule has 10 heavy (non-hydrogen) atoms. The monoisotopic (exact) mass is 146 g/mol. The second kappa shape index (κ2) is 2.98. The standard InChI is InChI=1S/C6H10O4/c1-9-6(8)4-2-3-5(7)10-4/h4-5,7H,2-3H2,1H3/t4-,5?/m1/s1. The van der Waals surface area contributed by atoms with E-state index in [1.165, 1.54) is 7.11 Å². The summed E-state index contributed by atoms with van der Waals surface area (Å²) in [5.74, 6) is -0.406. The van der Waals surface area contributed by atoms with Gasteiger partial charge in [0.05, 0.1) is 7.11 Å². The highest BCUT2D eigenvalue weighted by Crippen LogP contribution is 2.17. The van der Waals surface area contributed by atoms with Gasteiger partial charge in [-0.1, -0.05) is 0 Å². The number of carbonyl (C=O) groups excluding carboxylic acids is 1. The maximum absolute atomic E-state index is 10.7. The molecule has 4 nitrogen and oxygen atoms in total. The molecule has 0 saturated carbocycles. The van der Waals surface area contributed by atoms with Crippen molar-refractivity contribution in [3.8, 4) is 0 Å². The van der Waals surface area contributed by atoms with Crippen LogP contribution in [0.25, 0.3) is 0 Å². The van der Waals surface area contributed by atoms with E-state index in [0.29, 0.717) is 12.8 Å². The van der Waals surface area contributed by atoms with Gasteiger partial charge in [-0.05, 0) is 6.42 Å². The van der Waals surface area contributed by atoms with Crippen LogP contribution in [0.5, 0.6) is 0 Å². The van der Waals surface area contributed by atoms with Crippen LogP contribution in [0.15, 0.2) is 0 Å². The Labute approximate surface area is 58.7 Å². The molecule has 1 N–H and O–H groups in total. The van der Waals surface area contributed by atoms with Crippen molar-refractivity contribution in [1.29, 1.82) is 0 Å². The van der Waals surface area contributed by atoms with Crippen LogP contribution >= 0.6 is 0 Å². The number of hydrogen-bond acceptors (Lipinski definition) is 4. The van der Waals surface area contributed by atoms with E-state index in [4.69, 9.17) is 9.84 Å². The summed E-state index contributed by atoms with van der Waals surface area (Å²) in [5.41, 5.74) is 0. The number of rotatable bonds is 1. The lowest BCUT2D eigenvalue weighted by Crippen LogP contribution is -2.22. The molecule has 0 aliphatic carbocycles. The van der Waals surface area contributed by atoms with Crippen molar-refractivity contribution in [1.82, 2.24) is 0 Å². The van der Waals surface area contributed by atoms with Crippen molar-refractivity contribution in [3.63, 3.8) is 0 Å². The van der Waals surface area contributed by atoms with E-state index in [-0.39, 0.29) is 0 Å². The molecule has 1 aliphatic heterocycles. The van der Waals surface area contributed by atoms with Crippen LogP contribution in [0.4, 0.5) is 0 Å². The zero-order valence-corrected chi connectivity index (χ0v) is 5.74.